The summed E-state index contributed by atoms with van der Waals surface area (Å²) in [5.41, 5.74) is 2.09. The summed E-state index contributed by atoms with van der Waals surface area (Å²) >= 11 is 3.43. The van der Waals surface area contributed by atoms with Crippen LogP contribution in [0.1, 0.15) is 53.9 Å². The van der Waals surface area contributed by atoms with E-state index >= 15 is 0 Å². The highest BCUT2D eigenvalue weighted by atomic mass is 79.9. The molecule has 0 aliphatic carbocycles. The monoisotopic (exact) mass is 374 g/mol. The van der Waals surface area contributed by atoms with Gasteiger partial charge in [0.2, 0.25) is 0 Å². The number of alkyl halides is 1. The molecule has 0 aromatic heterocycles. The number of amides is 1. The van der Waals surface area contributed by atoms with Crippen LogP contribution in [0, 0.1) is 0 Å². The van der Waals surface area contributed by atoms with Gasteiger partial charge in [-0.1, -0.05) is 27.6 Å². The maximum atomic E-state index is 11.4. The van der Waals surface area contributed by atoms with Crippen molar-refractivity contribution in [2.24, 2.45) is 0 Å². The summed E-state index contributed by atoms with van der Waals surface area (Å²) in [6, 6.07) is 0. The Morgan fingerprint density at radius 2 is 1.68 bits per heavy atom. The summed E-state index contributed by atoms with van der Waals surface area (Å²) in [4.78, 5) is 11.4. The molecule has 4 nitrogen and oxygen atoms in total. The average Bonchev–Trinajstić information content (AvgIpc) is 2.38. The molecule has 2 N–H and O–H groups in total. The maximum absolute atomic E-state index is 11.4. The van der Waals surface area contributed by atoms with E-state index in [4.69, 9.17) is 4.74 Å². The van der Waals surface area contributed by atoms with Crippen molar-refractivity contribution < 1.29 is 9.53 Å². The smallest absolute Gasteiger partial charge is 0.407 e. The largest absolute Gasteiger partial charge is 0.444 e. The van der Waals surface area contributed by atoms with Crippen molar-refractivity contribution in [2.75, 3.05) is 18.4 Å². The number of rotatable bonds is 9. The van der Waals surface area contributed by atoms with Gasteiger partial charge >= 0.3 is 6.09 Å². The minimum absolute atomic E-state index is 0.344. The standard InChI is InChI=1S/C17H31BrN2O2/c1-14(10-11-18)8-9-15(2)19-12-6-7-13-20-16(21)22-17(3,4)5/h8-9,19H,6-7,10-13H2,1-5H3,(H,20,21)/b14-8-,15-9+. The molecule has 0 rings (SSSR count). The Balaban J connectivity index is 3.71. The average molecular weight is 375 g/mol. The van der Waals surface area contributed by atoms with Crippen molar-refractivity contribution in [2.45, 2.75) is 59.5 Å². The lowest BCUT2D eigenvalue weighted by Crippen LogP contribution is -2.33. The zero-order valence-electron chi connectivity index (χ0n) is 14.6. The van der Waals surface area contributed by atoms with Crippen LogP contribution in [0.4, 0.5) is 4.79 Å². The second kappa shape index (κ2) is 11.6. The van der Waals surface area contributed by atoms with Crippen LogP contribution in [0.25, 0.3) is 0 Å². The van der Waals surface area contributed by atoms with Gasteiger partial charge in [0.15, 0.2) is 0 Å². The molecule has 0 aliphatic heterocycles. The van der Waals surface area contributed by atoms with E-state index in [2.05, 4.69) is 52.6 Å². The summed E-state index contributed by atoms with van der Waals surface area (Å²) < 4.78 is 5.17. The van der Waals surface area contributed by atoms with Crippen LogP contribution in [-0.4, -0.2) is 30.1 Å². The highest BCUT2D eigenvalue weighted by molar-refractivity contribution is 9.09. The molecule has 0 aromatic rings. The van der Waals surface area contributed by atoms with Gasteiger partial charge in [-0.25, -0.2) is 4.79 Å². The van der Waals surface area contributed by atoms with Gasteiger partial charge in [0.1, 0.15) is 5.60 Å². The molecule has 0 bridgehead atoms. The lowest BCUT2D eigenvalue weighted by Gasteiger charge is -2.19. The Hall–Kier alpha value is -0.970. The van der Waals surface area contributed by atoms with Gasteiger partial charge in [0, 0.05) is 24.1 Å². The molecule has 0 aliphatic rings. The van der Waals surface area contributed by atoms with Crippen molar-refractivity contribution in [3.8, 4) is 0 Å². The minimum atomic E-state index is -0.436. The van der Waals surface area contributed by atoms with Crippen molar-refractivity contribution in [1.82, 2.24) is 10.6 Å². The Labute approximate surface area is 143 Å². The number of unbranched alkanes of at least 4 members (excludes halogenated alkanes) is 1. The molecule has 0 fully saturated rings. The molecular weight excluding hydrogens is 344 g/mol. The van der Waals surface area contributed by atoms with Crippen LogP contribution < -0.4 is 10.6 Å². The quantitative estimate of drug-likeness (QED) is 0.354. The van der Waals surface area contributed by atoms with E-state index < -0.39 is 5.60 Å². The maximum Gasteiger partial charge on any atom is 0.407 e. The molecule has 5 heteroatoms. The summed E-state index contributed by atoms with van der Waals surface area (Å²) in [6.45, 7) is 11.3. The Morgan fingerprint density at radius 1 is 1.09 bits per heavy atom. The van der Waals surface area contributed by atoms with E-state index in [9.17, 15) is 4.79 Å². The number of allylic oxidation sites excluding steroid dienone is 4. The molecule has 0 saturated heterocycles. The second-order valence-electron chi connectivity index (χ2n) is 6.36. The zero-order valence-corrected chi connectivity index (χ0v) is 16.2. The second-order valence-corrected chi connectivity index (χ2v) is 7.16. The zero-order chi connectivity index (χ0) is 17.0. The molecule has 1 amide bonds. The first kappa shape index (κ1) is 21.0. The van der Waals surface area contributed by atoms with Crippen molar-refractivity contribution in [3.05, 3.63) is 23.4 Å². The lowest BCUT2D eigenvalue weighted by atomic mass is 10.2. The first-order valence-corrected chi connectivity index (χ1v) is 8.97. The molecule has 128 valence electrons. The molecule has 0 radical (unpaired) electrons. The van der Waals surface area contributed by atoms with Gasteiger partial charge in [0.05, 0.1) is 0 Å². The van der Waals surface area contributed by atoms with E-state index in [1.54, 1.807) is 0 Å². The van der Waals surface area contributed by atoms with E-state index in [0.717, 1.165) is 36.8 Å². The van der Waals surface area contributed by atoms with Crippen LogP contribution in [-0.2, 0) is 4.74 Å². The fraction of sp³-hybridized carbons (Fsp3) is 0.706. The summed E-state index contributed by atoms with van der Waals surface area (Å²) in [7, 11) is 0. The first-order chi connectivity index (χ1) is 10.2. The summed E-state index contributed by atoms with van der Waals surface area (Å²) in [6.07, 6.45) is 6.91. The summed E-state index contributed by atoms with van der Waals surface area (Å²) in [5.74, 6) is 0. The molecular formula is C17H31BrN2O2. The van der Waals surface area contributed by atoms with Crippen molar-refractivity contribution >= 4 is 22.0 Å². The molecule has 22 heavy (non-hydrogen) atoms. The molecule has 0 spiro atoms. The Morgan fingerprint density at radius 3 is 2.23 bits per heavy atom. The Kier molecular flexibility index (Phi) is 11.1. The third-order valence-corrected chi connectivity index (χ3v) is 3.18. The minimum Gasteiger partial charge on any atom is -0.444 e. The highest BCUT2D eigenvalue weighted by Gasteiger charge is 2.15. The number of nitrogens with one attached hydrogen (secondary N) is 2. The van der Waals surface area contributed by atoms with Crippen LogP contribution in [0.5, 0.6) is 0 Å². The molecule has 0 heterocycles. The van der Waals surface area contributed by atoms with Gasteiger partial charge in [-0.3, -0.25) is 0 Å². The van der Waals surface area contributed by atoms with Gasteiger partial charge in [-0.2, -0.15) is 0 Å². The fourth-order valence-electron chi connectivity index (χ4n) is 1.60. The predicted octanol–water partition coefficient (Wildman–Crippen LogP) is 4.52. The van der Waals surface area contributed by atoms with Gasteiger partial charge in [-0.15, -0.1) is 0 Å². The Bertz CT molecular complexity index is 385. The highest BCUT2D eigenvalue weighted by Crippen LogP contribution is 2.06. The predicted molar refractivity (Wildman–Crippen MR) is 97.4 cm³/mol. The van der Waals surface area contributed by atoms with Crippen LogP contribution in [0.15, 0.2) is 23.4 Å². The third kappa shape index (κ3) is 14.0. The number of hydrogen-bond acceptors (Lipinski definition) is 3. The fourth-order valence-corrected chi connectivity index (χ4v) is 2.22. The number of carbonyl (C=O) groups is 1. The van der Waals surface area contributed by atoms with Crippen LogP contribution in [0.2, 0.25) is 0 Å². The molecule has 0 unspecified atom stereocenters. The van der Waals surface area contributed by atoms with Crippen molar-refractivity contribution in [1.29, 1.82) is 0 Å². The van der Waals surface area contributed by atoms with Gasteiger partial charge < -0.3 is 15.4 Å². The van der Waals surface area contributed by atoms with Crippen LogP contribution >= 0.6 is 15.9 Å². The molecule has 0 saturated carbocycles. The van der Waals surface area contributed by atoms with Crippen LogP contribution in [0.3, 0.4) is 0 Å². The van der Waals surface area contributed by atoms with Gasteiger partial charge in [-0.05, 0) is 60.0 Å². The number of carbonyl (C=O) groups excluding carboxylic acids is 1. The third-order valence-electron chi connectivity index (χ3n) is 2.78. The normalized spacial score (nSPS) is 13.0. The van der Waals surface area contributed by atoms with E-state index in [1.165, 1.54) is 5.57 Å². The SMILES string of the molecule is C/C(=C/C=C(\C)NCCCCNC(=O)OC(C)(C)C)CCBr. The number of hydrogen-bond donors (Lipinski definition) is 2. The molecule has 0 aromatic carbocycles. The van der Waals surface area contributed by atoms with E-state index in [-0.39, 0.29) is 6.09 Å². The van der Waals surface area contributed by atoms with E-state index in [1.807, 2.05) is 20.8 Å². The molecule has 0 atom stereocenters. The number of halogens is 1. The topological polar surface area (TPSA) is 50.4 Å². The van der Waals surface area contributed by atoms with Gasteiger partial charge in [0.25, 0.3) is 0 Å². The lowest BCUT2D eigenvalue weighted by molar-refractivity contribution is 0.0527. The van der Waals surface area contributed by atoms with Crippen molar-refractivity contribution in [3.63, 3.8) is 0 Å². The first-order valence-electron chi connectivity index (χ1n) is 7.85. The summed E-state index contributed by atoms with van der Waals surface area (Å²) in [5, 5.41) is 7.13. The number of alkyl carbamates (subject to hydrolysis) is 1. The number of ether oxygens (including phenoxy) is 1. The van der Waals surface area contributed by atoms with E-state index in [0.29, 0.717) is 6.54 Å².